The van der Waals surface area contributed by atoms with Crippen molar-refractivity contribution in [1.29, 1.82) is 0 Å². The van der Waals surface area contributed by atoms with Gasteiger partial charge in [0.2, 0.25) is 5.91 Å². The summed E-state index contributed by atoms with van der Waals surface area (Å²) in [7, 11) is 0. The van der Waals surface area contributed by atoms with Gasteiger partial charge in [-0.05, 0) is 48.0 Å². The minimum absolute atomic E-state index is 0.113. The Kier molecular flexibility index (Phi) is 6.06. The quantitative estimate of drug-likeness (QED) is 0.601. The summed E-state index contributed by atoms with van der Waals surface area (Å²) in [4.78, 5) is 27.8. The number of nitrogens with one attached hydrogen (secondary N) is 2. The van der Waals surface area contributed by atoms with Gasteiger partial charge >= 0.3 is 6.11 Å². The van der Waals surface area contributed by atoms with E-state index < -0.39 is 12.0 Å². The third-order valence-electron chi connectivity index (χ3n) is 3.91. The molecule has 0 saturated carbocycles. The van der Waals surface area contributed by atoms with Crippen molar-refractivity contribution in [3.05, 3.63) is 72.4 Å². The molecule has 0 saturated heterocycles. The van der Waals surface area contributed by atoms with Crippen LogP contribution in [-0.2, 0) is 4.79 Å². The van der Waals surface area contributed by atoms with E-state index in [4.69, 9.17) is 0 Å². The maximum Gasteiger partial charge on any atom is 0.394 e. The first-order chi connectivity index (χ1) is 14.2. The van der Waals surface area contributed by atoms with Gasteiger partial charge in [0, 0.05) is 36.9 Å². The minimum Gasteiger partial charge on any atom is -0.433 e. The second-order valence-electron chi connectivity index (χ2n) is 6.59. The second-order valence-corrected chi connectivity index (χ2v) is 6.59. The highest BCUT2D eigenvalue weighted by Crippen LogP contribution is 2.24. The average molecular weight is 411 g/mol. The van der Waals surface area contributed by atoms with E-state index in [1.165, 1.54) is 31.2 Å². The van der Waals surface area contributed by atoms with Crippen molar-refractivity contribution in [2.45, 2.75) is 20.0 Å². The molecule has 1 heterocycles. The van der Waals surface area contributed by atoms with E-state index in [1.54, 1.807) is 24.4 Å². The normalized spacial score (nSPS) is 10.9. The van der Waals surface area contributed by atoms with Gasteiger partial charge in [-0.15, -0.1) is 0 Å². The van der Waals surface area contributed by atoms with Crippen LogP contribution in [0.4, 0.5) is 20.3 Å². The van der Waals surface area contributed by atoms with Gasteiger partial charge in [-0.1, -0.05) is 18.2 Å². The molecule has 0 aliphatic carbocycles. The number of amides is 2. The zero-order valence-corrected chi connectivity index (χ0v) is 16.3. The number of hydrogen-bond donors (Lipinski definition) is 2. The number of nitrogens with zero attached hydrogens (tertiary/aromatic N) is 1. The summed E-state index contributed by atoms with van der Waals surface area (Å²) in [6.07, 6.45) is -1.76. The van der Waals surface area contributed by atoms with Gasteiger partial charge in [0.1, 0.15) is 11.6 Å². The number of ether oxygens (including phenoxy) is 1. The topological polar surface area (TPSA) is 80.3 Å². The number of hydrogen-bond acceptors (Lipinski definition) is 4. The molecule has 8 heteroatoms. The molecule has 30 heavy (non-hydrogen) atoms. The van der Waals surface area contributed by atoms with Crippen LogP contribution in [0, 0.1) is 0 Å². The summed E-state index contributed by atoms with van der Waals surface area (Å²) in [6.45, 7) is 2.05. The minimum atomic E-state index is -3.34. The van der Waals surface area contributed by atoms with Crippen molar-refractivity contribution in [1.82, 2.24) is 4.98 Å². The first kappa shape index (κ1) is 20.9. The Morgan fingerprint density at radius 3 is 2.40 bits per heavy atom. The number of aromatic nitrogens is 1. The van der Waals surface area contributed by atoms with Gasteiger partial charge in [-0.3, -0.25) is 9.59 Å². The fourth-order valence-corrected chi connectivity index (χ4v) is 2.71. The lowest BCUT2D eigenvalue weighted by atomic mass is 10.1. The zero-order chi connectivity index (χ0) is 21.7. The fraction of sp³-hybridized carbons (Fsp3) is 0.136. The molecule has 6 nitrogen and oxygen atoms in total. The first-order valence-corrected chi connectivity index (χ1v) is 9.02. The van der Waals surface area contributed by atoms with E-state index in [9.17, 15) is 18.4 Å². The molecule has 0 atom stereocenters. The van der Waals surface area contributed by atoms with E-state index in [2.05, 4.69) is 20.4 Å². The molecule has 0 bridgehead atoms. The largest absolute Gasteiger partial charge is 0.433 e. The Balaban J connectivity index is 1.71. The molecular formula is C22H19F2N3O3. The van der Waals surface area contributed by atoms with Crippen LogP contribution in [0.25, 0.3) is 11.1 Å². The number of alkyl halides is 2. The Labute approximate surface area is 171 Å². The van der Waals surface area contributed by atoms with Crippen molar-refractivity contribution in [2.75, 3.05) is 10.6 Å². The van der Waals surface area contributed by atoms with Crippen molar-refractivity contribution < 1.29 is 23.1 Å². The van der Waals surface area contributed by atoms with Crippen molar-refractivity contribution >= 4 is 23.3 Å². The molecule has 3 rings (SSSR count). The van der Waals surface area contributed by atoms with Crippen LogP contribution < -0.4 is 15.4 Å². The predicted octanol–water partition coefficient (Wildman–Crippen LogP) is 4.95. The molecule has 2 amide bonds. The first-order valence-electron chi connectivity index (χ1n) is 9.02. The second kappa shape index (κ2) is 8.69. The van der Waals surface area contributed by atoms with Crippen LogP contribution in [0.1, 0.15) is 24.2 Å². The van der Waals surface area contributed by atoms with E-state index in [-0.39, 0.29) is 17.2 Å². The summed E-state index contributed by atoms with van der Waals surface area (Å²) in [5.41, 5.74) is 2.46. The molecular weight excluding hydrogens is 392 g/mol. The van der Waals surface area contributed by atoms with Crippen LogP contribution in [-0.4, -0.2) is 22.9 Å². The molecule has 1 aromatic heterocycles. The standard InChI is InChI=1S/C22H19F2N3O3/c1-14(28)26-18-7-3-5-15(11-18)17-9-10-20(25-13-17)27-21(29)16-6-4-8-19(12-16)30-22(2,23)24/h3-13H,1-2H3,(H,26,28)(H,25,27,29). The van der Waals surface area contributed by atoms with Crippen molar-refractivity contribution in [3.8, 4) is 16.9 Å². The summed E-state index contributed by atoms with van der Waals surface area (Å²) in [5.74, 6) is -0.486. The lowest BCUT2D eigenvalue weighted by Gasteiger charge is -2.13. The molecule has 2 N–H and O–H groups in total. The number of carbonyl (C=O) groups is 2. The number of pyridine rings is 1. The highest BCUT2D eigenvalue weighted by molar-refractivity contribution is 6.04. The Morgan fingerprint density at radius 1 is 0.967 bits per heavy atom. The molecule has 3 aromatic rings. The Hall–Kier alpha value is -3.81. The number of halogens is 2. The maximum absolute atomic E-state index is 13.0. The van der Waals surface area contributed by atoms with Crippen molar-refractivity contribution in [2.24, 2.45) is 0 Å². The third-order valence-corrected chi connectivity index (χ3v) is 3.91. The lowest BCUT2D eigenvalue weighted by Crippen LogP contribution is -2.19. The smallest absolute Gasteiger partial charge is 0.394 e. The average Bonchev–Trinajstić information content (AvgIpc) is 2.67. The SMILES string of the molecule is CC(=O)Nc1cccc(-c2ccc(NC(=O)c3cccc(OC(C)(F)F)c3)nc2)c1. The van der Waals surface area contributed by atoms with Gasteiger partial charge < -0.3 is 15.4 Å². The van der Waals surface area contributed by atoms with Gasteiger partial charge in [-0.25, -0.2) is 4.98 Å². The van der Waals surface area contributed by atoms with Crippen molar-refractivity contribution in [3.63, 3.8) is 0 Å². The predicted molar refractivity (Wildman–Crippen MR) is 110 cm³/mol. The van der Waals surface area contributed by atoms with Gasteiger partial charge in [-0.2, -0.15) is 8.78 Å². The lowest BCUT2D eigenvalue weighted by molar-refractivity contribution is -0.159. The van der Waals surface area contributed by atoms with E-state index in [1.807, 2.05) is 18.2 Å². The molecule has 0 unspecified atom stereocenters. The third kappa shape index (κ3) is 5.84. The van der Waals surface area contributed by atoms with E-state index >= 15 is 0 Å². The molecule has 0 spiro atoms. The molecule has 0 aliphatic rings. The fourth-order valence-electron chi connectivity index (χ4n) is 2.71. The highest BCUT2D eigenvalue weighted by Gasteiger charge is 2.23. The van der Waals surface area contributed by atoms with Crippen LogP contribution in [0.15, 0.2) is 66.9 Å². The number of anilines is 2. The number of carbonyl (C=O) groups excluding carboxylic acids is 2. The summed E-state index contributed by atoms with van der Waals surface area (Å²) in [5, 5.41) is 5.33. The van der Waals surface area contributed by atoms with Gasteiger partial charge in [0.25, 0.3) is 5.91 Å². The maximum atomic E-state index is 13.0. The van der Waals surface area contributed by atoms with Crippen LogP contribution in [0.2, 0.25) is 0 Å². The molecule has 154 valence electrons. The number of rotatable bonds is 6. The Morgan fingerprint density at radius 2 is 1.73 bits per heavy atom. The van der Waals surface area contributed by atoms with Gasteiger partial charge in [0.05, 0.1) is 0 Å². The molecule has 0 aliphatic heterocycles. The molecule has 0 radical (unpaired) electrons. The van der Waals surface area contributed by atoms with E-state index in [0.29, 0.717) is 18.4 Å². The van der Waals surface area contributed by atoms with Crippen LogP contribution in [0.3, 0.4) is 0 Å². The Bertz CT molecular complexity index is 1060. The van der Waals surface area contributed by atoms with E-state index in [0.717, 1.165) is 11.1 Å². The molecule has 0 fully saturated rings. The summed E-state index contributed by atoms with van der Waals surface area (Å²) < 4.78 is 30.5. The molecule has 2 aromatic carbocycles. The summed E-state index contributed by atoms with van der Waals surface area (Å²) in [6, 6.07) is 16.2. The number of benzene rings is 2. The van der Waals surface area contributed by atoms with Gasteiger partial charge in [0.15, 0.2) is 0 Å². The highest BCUT2D eigenvalue weighted by atomic mass is 19.3. The monoisotopic (exact) mass is 411 g/mol. The zero-order valence-electron chi connectivity index (χ0n) is 16.3. The van der Waals surface area contributed by atoms with Crippen LogP contribution >= 0.6 is 0 Å². The van der Waals surface area contributed by atoms with Crippen LogP contribution in [0.5, 0.6) is 5.75 Å². The summed E-state index contributed by atoms with van der Waals surface area (Å²) >= 11 is 0.